The summed E-state index contributed by atoms with van der Waals surface area (Å²) in [4.78, 5) is 41.8. The van der Waals surface area contributed by atoms with Crippen LogP contribution in [-0.2, 0) is 19.1 Å². The lowest BCUT2D eigenvalue weighted by atomic mass is 10.2. The van der Waals surface area contributed by atoms with Crippen LogP contribution < -0.4 is 4.90 Å². The van der Waals surface area contributed by atoms with E-state index < -0.39 is 17.8 Å². The van der Waals surface area contributed by atoms with E-state index in [1.807, 2.05) is 18.2 Å². The van der Waals surface area contributed by atoms with Gasteiger partial charge in [-0.1, -0.05) is 42.3 Å². The van der Waals surface area contributed by atoms with Crippen LogP contribution in [0, 0.1) is 11.8 Å². The Morgan fingerprint density at radius 2 is 1.71 bits per heavy atom. The minimum Gasteiger partial charge on any atom is -0.466 e. The Bertz CT molecular complexity index is 1030. The van der Waals surface area contributed by atoms with Crippen molar-refractivity contribution in [3.8, 4) is 11.8 Å². The largest absolute Gasteiger partial charge is 0.466 e. The van der Waals surface area contributed by atoms with Crippen LogP contribution in [0.25, 0.3) is 0 Å². The van der Waals surface area contributed by atoms with Crippen LogP contribution in [0.3, 0.4) is 0 Å². The summed E-state index contributed by atoms with van der Waals surface area (Å²) in [6.07, 6.45) is 1.07. The number of hydrogen-bond acceptors (Lipinski definition) is 5. The third kappa shape index (κ3) is 4.55. The van der Waals surface area contributed by atoms with Crippen LogP contribution in [0.5, 0.6) is 0 Å². The highest BCUT2D eigenvalue weighted by Crippen LogP contribution is 2.34. The number of rotatable bonds is 2. The monoisotopic (exact) mass is 390 g/mol. The Hall–Kier alpha value is -3.63. The quantitative estimate of drug-likeness (QED) is 0.448. The standard InChI is InChI=1S/C21H14N2O4S/c1-27-19(25)14-17-20(26)23(16-10-6-3-7-11-16)21(28-17)22-18(24)13-12-15-8-4-2-5-9-15/h2-11,14H,1H3. The fourth-order valence-electron chi connectivity index (χ4n) is 2.28. The summed E-state index contributed by atoms with van der Waals surface area (Å²) in [5.74, 6) is 3.34. The van der Waals surface area contributed by atoms with Gasteiger partial charge < -0.3 is 4.74 Å². The highest BCUT2D eigenvalue weighted by Gasteiger charge is 2.35. The summed E-state index contributed by atoms with van der Waals surface area (Å²) < 4.78 is 4.58. The molecule has 0 radical (unpaired) electrons. The molecule has 1 fully saturated rings. The number of methoxy groups -OCH3 is 1. The Morgan fingerprint density at radius 3 is 2.36 bits per heavy atom. The second kappa shape index (κ2) is 8.84. The second-order valence-electron chi connectivity index (χ2n) is 5.43. The molecule has 1 heterocycles. The molecular formula is C21H14N2O4S. The van der Waals surface area contributed by atoms with Crippen LogP contribution in [0.2, 0.25) is 0 Å². The minimum atomic E-state index is -0.695. The number of carbonyl (C=O) groups is 3. The van der Waals surface area contributed by atoms with Gasteiger partial charge in [-0.25, -0.2) is 4.79 Å². The van der Waals surface area contributed by atoms with Crippen molar-refractivity contribution in [2.45, 2.75) is 0 Å². The van der Waals surface area contributed by atoms with Crippen molar-refractivity contribution in [2.24, 2.45) is 4.99 Å². The number of hydrogen-bond donors (Lipinski definition) is 0. The first kappa shape index (κ1) is 19.1. The lowest BCUT2D eigenvalue weighted by molar-refractivity contribution is -0.135. The van der Waals surface area contributed by atoms with E-state index >= 15 is 0 Å². The fourth-order valence-corrected chi connectivity index (χ4v) is 3.22. The first-order valence-corrected chi connectivity index (χ1v) is 8.97. The highest BCUT2D eigenvalue weighted by atomic mass is 32.2. The Labute approximate surface area is 165 Å². The second-order valence-corrected chi connectivity index (χ2v) is 6.43. The molecule has 0 saturated carbocycles. The SMILES string of the molecule is COC(=O)C=C1SC(=NC(=O)C#Cc2ccccc2)N(c2ccccc2)C1=O. The van der Waals surface area contributed by atoms with Gasteiger partial charge in [-0.05, 0) is 36.0 Å². The highest BCUT2D eigenvalue weighted by molar-refractivity contribution is 8.19. The molecule has 1 aliphatic heterocycles. The van der Waals surface area contributed by atoms with E-state index in [2.05, 4.69) is 21.6 Å². The van der Waals surface area contributed by atoms with E-state index in [1.54, 1.807) is 42.5 Å². The van der Waals surface area contributed by atoms with Gasteiger partial charge in [-0.2, -0.15) is 4.99 Å². The molecule has 1 aliphatic rings. The Balaban J connectivity index is 1.94. The maximum atomic E-state index is 12.7. The lowest BCUT2D eigenvalue weighted by Crippen LogP contribution is -2.29. The van der Waals surface area contributed by atoms with Gasteiger partial charge in [0.2, 0.25) is 0 Å². The predicted octanol–water partition coefficient (Wildman–Crippen LogP) is 2.76. The van der Waals surface area contributed by atoms with Crippen molar-refractivity contribution in [1.29, 1.82) is 0 Å². The van der Waals surface area contributed by atoms with E-state index in [4.69, 9.17) is 0 Å². The molecule has 0 spiro atoms. The molecule has 2 aromatic rings. The van der Waals surface area contributed by atoms with Crippen molar-refractivity contribution in [3.05, 3.63) is 77.2 Å². The van der Waals surface area contributed by atoms with Crippen LogP contribution in [-0.4, -0.2) is 30.1 Å². The number of amides is 2. The first-order valence-electron chi connectivity index (χ1n) is 8.15. The molecule has 2 aromatic carbocycles. The molecule has 138 valence electrons. The van der Waals surface area contributed by atoms with Crippen molar-refractivity contribution in [3.63, 3.8) is 0 Å². The first-order chi connectivity index (χ1) is 13.6. The minimum absolute atomic E-state index is 0.110. The zero-order chi connectivity index (χ0) is 19.9. The van der Waals surface area contributed by atoms with Gasteiger partial charge in [0.1, 0.15) is 0 Å². The maximum Gasteiger partial charge on any atom is 0.331 e. The zero-order valence-electron chi connectivity index (χ0n) is 14.8. The normalized spacial score (nSPS) is 16.0. The summed E-state index contributed by atoms with van der Waals surface area (Å²) in [5.41, 5.74) is 1.20. The van der Waals surface area contributed by atoms with Gasteiger partial charge in [0.15, 0.2) is 5.17 Å². The van der Waals surface area contributed by atoms with Crippen molar-refractivity contribution in [2.75, 3.05) is 12.0 Å². The number of amidine groups is 1. The molecule has 28 heavy (non-hydrogen) atoms. The van der Waals surface area contributed by atoms with Gasteiger partial charge >= 0.3 is 11.9 Å². The molecule has 7 heteroatoms. The van der Waals surface area contributed by atoms with Gasteiger partial charge in [0.05, 0.1) is 17.7 Å². The number of ether oxygens (including phenoxy) is 1. The number of benzene rings is 2. The number of aliphatic imine (C=N–C) groups is 1. The lowest BCUT2D eigenvalue weighted by Gasteiger charge is -2.14. The molecule has 2 amide bonds. The molecule has 3 rings (SSSR count). The van der Waals surface area contributed by atoms with Crippen LogP contribution in [0.15, 0.2) is 76.6 Å². The van der Waals surface area contributed by atoms with E-state index in [0.29, 0.717) is 11.3 Å². The molecule has 1 saturated heterocycles. The molecule has 0 bridgehead atoms. The smallest absolute Gasteiger partial charge is 0.331 e. The number of carbonyl (C=O) groups excluding carboxylic acids is 3. The van der Waals surface area contributed by atoms with Gasteiger partial charge in [0, 0.05) is 17.6 Å². The van der Waals surface area contributed by atoms with Crippen LogP contribution in [0.4, 0.5) is 5.69 Å². The van der Waals surface area contributed by atoms with Crippen molar-refractivity contribution < 1.29 is 19.1 Å². The number of thioether (sulfide) groups is 1. The van der Waals surface area contributed by atoms with Gasteiger partial charge in [-0.3, -0.25) is 14.5 Å². The van der Waals surface area contributed by atoms with Crippen LogP contribution >= 0.6 is 11.8 Å². The summed E-state index contributed by atoms with van der Waals surface area (Å²) in [7, 11) is 1.22. The molecule has 6 nitrogen and oxygen atoms in total. The third-order valence-electron chi connectivity index (χ3n) is 3.56. The Morgan fingerprint density at radius 1 is 1.07 bits per heavy atom. The van der Waals surface area contributed by atoms with Crippen molar-refractivity contribution >= 4 is 40.4 Å². The van der Waals surface area contributed by atoms with Crippen LogP contribution in [0.1, 0.15) is 5.56 Å². The summed E-state index contributed by atoms with van der Waals surface area (Å²) >= 11 is 0.913. The Kier molecular flexibility index (Phi) is 6.04. The molecule has 0 aromatic heterocycles. The maximum absolute atomic E-state index is 12.7. The van der Waals surface area contributed by atoms with Gasteiger partial charge in [0.25, 0.3) is 5.91 Å². The van der Waals surface area contributed by atoms with E-state index in [9.17, 15) is 14.4 Å². The number of nitrogens with zero attached hydrogens (tertiary/aromatic N) is 2. The van der Waals surface area contributed by atoms with Gasteiger partial charge in [-0.15, -0.1) is 0 Å². The zero-order valence-corrected chi connectivity index (χ0v) is 15.6. The average Bonchev–Trinajstić information content (AvgIpc) is 3.02. The van der Waals surface area contributed by atoms with E-state index in [0.717, 1.165) is 17.8 Å². The molecule has 0 atom stereocenters. The summed E-state index contributed by atoms with van der Waals surface area (Å²) in [6, 6.07) is 17.7. The summed E-state index contributed by atoms with van der Waals surface area (Å²) in [5, 5.41) is 0.124. The molecule has 0 unspecified atom stereocenters. The number of para-hydroxylation sites is 1. The number of esters is 1. The average molecular weight is 390 g/mol. The third-order valence-corrected chi connectivity index (χ3v) is 4.52. The molecule has 0 N–H and O–H groups in total. The molecular weight excluding hydrogens is 376 g/mol. The molecule has 0 aliphatic carbocycles. The summed E-state index contributed by atoms with van der Waals surface area (Å²) in [6.45, 7) is 0. The topological polar surface area (TPSA) is 76.0 Å². The predicted molar refractivity (Wildman–Crippen MR) is 107 cm³/mol. The van der Waals surface area contributed by atoms with E-state index in [1.165, 1.54) is 12.0 Å². The number of anilines is 1. The van der Waals surface area contributed by atoms with Crippen molar-refractivity contribution in [1.82, 2.24) is 0 Å². The van der Waals surface area contributed by atoms with E-state index in [-0.39, 0.29) is 10.1 Å². The fraction of sp³-hybridized carbons (Fsp3) is 0.0476.